The van der Waals surface area contributed by atoms with Crippen LogP contribution in [0.4, 0.5) is 0 Å². The number of nitrogens with zero attached hydrogens (tertiary/aromatic N) is 1. The first-order valence-corrected chi connectivity index (χ1v) is 9.56. The number of piperidine rings is 2. The van der Waals surface area contributed by atoms with Gasteiger partial charge in [0.2, 0.25) is 5.91 Å². The molecular formula is C20H31N3O. The lowest BCUT2D eigenvalue weighted by molar-refractivity contribution is -0.123. The molecule has 0 bridgehead atoms. The smallest absolute Gasteiger partial charge is 0.237 e. The zero-order chi connectivity index (χ0) is 16.8. The number of carbonyl (C=O) groups is 1. The molecule has 3 rings (SSSR count). The maximum absolute atomic E-state index is 12.3. The number of likely N-dealkylation sites (tertiary alicyclic amines) is 1. The third-order valence-electron chi connectivity index (χ3n) is 5.51. The predicted octanol–water partition coefficient (Wildman–Crippen LogP) is 2.82. The maximum Gasteiger partial charge on any atom is 0.237 e. The lowest BCUT2D eigenvalue weighted by Gasteiger charge is -2.33. The van der Waals surface area contributed by atoms with E-state index in [1.54, 1.807) is 0 Å². The SMILES string of the molecule is CC1CCCCN1Cc1ccccc1CNC(=O)C1CCCCN1. The number of nitrogens with one attached hydrogen (secondary N) is 2. The summed E-state index contributed by atoms with van der Waals surface area (Å²) in [5, 5.41) is 6.46. The van der Waals surface area contributed by atoms with Crippen molar-refractivity contribution in [3.05, 3.63) is 35.4 Å². The zero-order valence-corrected chi connectivity index (χ0v) is 14.9. The number of amides is 1. The Bertz CT molecular complexity index is 539. The molecule has 4 nitrogen and oxygen atoms in total. The van der Waals surface area contributed by atoms with Gasteiger partial charge >= 0.3 is 0 Å². The molecule has 132 valence electrons. The minimum absolute atomic E-state index is 0.00645. The minimum Gasteiger partial charge on any atom is -0.351 e. The molecule has 1 amide bonds. The Labute approximate surface area is 146 Å². The molecule has 4 heteroatoms. The summed E-state index contributed by atoms with van der Waals surface area (Å²) in [6.45, 7) is 6.11. The van der Waals surface area contributed by atoms with E-state index in [9.17, 15) is 4.79 Å². The average Bonchev–Trinajstić information content (AvgIpc) is 2.63. The van der Waals surface area contributed by atoms with Crippen LogP contribution in [0.5, 0.6) is 0 Å². The van der Waals surface area contributed by atoms with Crippen molar-refractivity contribution in [3.63, 3.8) is 0 Å². The highest BCUT2D eigenvalue weighted by Crippen LogP contribution is 2.21. The van der Waals surface area contributed by atoms with E-state index in [1.165, 1.54) is 43.4 Å². The molecule has 2 heterocycles. The van der Waals surface area contributed by atoms with Crippen LogP contribution in [0.1, 0.15) is 56.6 Å². The first kappa shape index (κ1) is 17.4. The van der Waals surface area contributed by atoms with Crippen LogP contribution in [0.25, 0.3) is 0 Å². The topological polar surface area (TPSA) is 44.4 Å². The van der Waals surface area contributed by atoms with E-state index in [1.807, 2.05) is 0 Å². The molecule has 2 saturated heterocycles. The van der Waals surface area contributed by atoms with E-state index in [4.69, 9.17) is 0 Å². The van der Waals surface area contributed by atoms with E-state index in [2.05, 4.69) is 46.7 Å². The van der Waals surface area contributed by atoms with Crippen molar-refractivity contribution in [1.82, 2.24) is 15.5 Å². The standard InChI is InChI=1S/C20H31N3O/c1-16-8-5-7-13-23(16)15-18-10-3-2-9-17(18)14-22-20(24)19-11-4-6-12-21-19/h2-3,9-10,16,19,21H,4-8,11-15H2,1H3,(H,22,24). The van der Waals surface area contributed by atoms with Crippen LogP contribution in [0.3, 0.4) is 0 Å². The molecule has 2 atom stereocenters. The van der Waals surface area contributed by atoms with Gasteiger partial charge in [-0.1, -0.05) is 37.1 Å². The summed E-state index contributed by atoms with van der Waals surface area (Å²) in [5.74, 6) is 0.149. The molecule has 2 unspecified atom stereocenters. The normalized spacial score (nSPS) is 25.4. The molecule has 2 aliphatic rings. The summed E-state index contributed by atoms with van der Waals surface area (Å²) < 4.78 is 0. The zero-order valence-electron chi connectivity index (χ0n) is 14.9. The van der Waals surface area contributed by atoms with Gasteiger partial charge in [-0.2, -0.15) is 0 Å². The molecule has 0 spiro atoms. The number of rotatable bonds is 5. The second-order valence-electron chi connectivity index (χ2n) is 7.30. The third kappa shape index (κ3) is 4.58. The van der Waals surface area contributed by atoms with Crippen LogP contribution >= 0.6 is 0 Å². The van der Waals surface area contributed by atoms with Crippen molar-refractivity contribution >= 4 is 5.91 Å². The van der Waals surface area contributed by atoms with Gasteiger partial charge in [0, 0.05) is 19.1 Å². The number of benzene rings is 1. The van der Waals surface area contributed by atoms with Gasteiger partial charge in [-0.05, 0) is 56.8 Å². The van der Waals surface area contributed by atoms with Crippen LogP contribution in [0.2, 0.25) is 0 Å². The highest BCUT2D eigenvalue weighted by atomic mass is 16.2. The van der Waals surface area contributed by atoms with E-state index in [0.717, 1.165) is 25.9 Å². The number of hydrogen-bond donors (Lipinski definition) is 2. The molecule has 0 radical (unpaired) electrons. The summed E-state index contributed by atoms with van der Waals surface area (Å²) in [7, 11) is 0. The number of hydrogen-bond acceptors (Lipinski definition) is 3. The monoisotopic (exact) mass is 329 g/mol. The van der Waals surface area contributed by atoms with Crippen LogP contribution in [0.15, 0.2) is 24.3 Å². The molecule has 0 saturated carbocycles. The summed E-state index contributed by atoms with van der Waals surface area (Å²) in [5.41, 5.74) is 2.60. The van der Waals surface area contributed by atoms with Gasteiger partial charge < -0.3 is 10.6 Å². The molecule has 2 N–H and O–H groups in total. The van der Waals surface area contributed by atoms with Gasteiger partial charge in [-0.25, -0.2) is 0 Å². The van der Waals surface area contributed by atoms with Crippen molar-refractivity contribution in [2.45, 2.75) is 70.6 Å². The van der Waals surface area contributed by atoms with Crippen molar-refractivity contribution in [2.75, 3.05) is 13.1 Å². The van der Waals surface area contributed by atoms with Gasteiger partial charge in [0.05, 0.1) is 6.04 Å². The van der Waals surface area contributed by atoms with E-state index < -0.39 is 0 Å². The van der Waals surface area contributed by atoms with E-state index in [0.29, 0.717) is 12.6 Å². The third-order valence-corrected chi connectivity index (χ3v) is 5.51. The minimum atomic E-state index is -0.00645. The van der Waals surface area contributed by atoms with Crippen LogP contribution in [-0.2, 0) is 17.9 Å². The molecular weight excluding hydrogens is 298 g/mol. The second kappa shape index (κ2) is 8.63. The lowest BCUT2D eigenvalue weighted by atomic mass is 10.0. The first-order chi connectivity index (χ1) is 11.7. The van der Waals surface area contributed by atoms with E-state index >= 15 is 0 Å². The molecule has 0 aromatic heterocycles. The van der Waals surface area contributed by atoms with Crippen LogP contribution in [-0.4, -0.2) is 36.0 Å². The Morgan fingerprint density at radius 1 is 1.17 bits per heavy atom. The summed E-state index contributed by atoms with van der Waals surface area (Å²) in [6.07, 6.45) is 7.24. The average molecular weight is 329 g/mol. The summed E-state index contributed by atoms with van der Waals surface area (Å²) >= 11 is 0. The maximum atomic E-state index is 12.3. The van der Waals surface area contributed by atoms with E-state index in [-0.39, 0.29) is 11.9 Å². The molecule has 2 aliphatic heterocycles. The molecule has 1 aromatic carbocycles. The number of carbonyl (C=O) groups excluding carboxylic acids is 1. The van der Waals surface area contributed by atoms with Gasteiger partial charge in [0.25, 0.3) is 0 Å². The molecule has 1 aromatic rings. The van der Waals surface area contributed by atoms with Crippen molar-refractivity contribution < 1.29 is 4.79 Å². The fourth-order valence-corrected chi connectivity index (χ4v) is 3.88. The Morgan fingerprint density at radius 2 is 1.96 bits per heavy atom. The fraction of sp³-hybridized carbons (Fsp3) is 0.650. The van der Waals surface area contributed by atoms with Crippen molar-refractivity contribution in [2.24, 2.45) is 0 Å². The van der Waals surface area contributed by atoms with Crippen LogP contribution in [0, 0.1) is 0 Å². The van der Waals surface area contributed by atoms with Crippen LogP contribution < -0.4 is 10.6 Å². The molecule has 24 heavy (non-hydrogen) atoms. The summed E-state index contributed by atoms with van der Waals surface area (Å²) in [6, 6.07) is 9.20. The highest BCUT2D eigenvalue weighted by Gasteiger charge is 2.21. The fourth-order valence-electron chi connectivity index (χ4n) is 3.88. The van der Waals surface area contributed by atoms with Gasteiger partial charge in [0.1, 0.15) is 0 Å². The Morgan fingerprint density at radius 3 is 2.71 bits per heavy atom. The molecule has 2 fully saturated rings. The Hall–Kier alpha value is -1.39. The van der Waals surface area contributed by atoms with Gasteiger partial charge in [0.15, 0.2) is 0 Å². The molecule has 0 aliphatic carbocycles. The van der Waals surface area contributed by atoms with Crippen molar-refractivity contribution in [1.29, 1.82) is 0 Å². The van der Waals surface area contributed by atoms with Gasteiger partial charge in [-0.15, -0.1) is 0 Å². The van der Waals surface area contributed by atoms with Crippen molar-refractivity contribution in [3.8, 4) is 0 Å². The largest absolute Gasteiger partial charge is 0.351 e. The second-order valence-corrected chi connectivity index (χ2v) is 7.30. The summed E-state index contributed by atoms with van der Waals surface area (Å²) in [4.78, 5) is 14.9. The lowest BCUT2D eigenvalue weighted by Crippen LogP contribution is -2.46. The quantitative estimate of drug-likeness (QED) is 0.873. The Kier molecular flexibility index (Phi) is 6.27. The Balaban J connectivity index is 1.58. The predicted molar refractivity (Wildman–Crippen MR) is 97.7 cm³/mol. The first-order valence-electron chi connectivity index (χ1n) is 9.56. The van der Waals surface area contributed by atoms with Gasteiger partial charge in [-0.3, -0.25) is 9.69 Å². The highest BCUT2D eigenvalue weighted by molar-refractivity contribution is 5.81.